The van der Waals surface area contributed by atoms with E-state index < -0.39 is 7.14 Å². The molecule has 3 rings (SSSR count). The van der Waals surface area contributed by atoms with Gasteiger partial charge in [0.2, 0.25) is 0 Å². The maximum absolute atomic E-state index is 12.5. The predicted octanol–water partition coefficient (Wildman–Crippen LogP) is 0.546. The van der Waals surface area contributed by atoms with Gasteiger partial charge in [-0.15, -0.1) is 0 Å². The van der Waals surface area contributed by atoms with Gasteiger partial charge in [-0.1, -0.05) is 0 Å². The SMILES string of the molecule is O=P(CC1CO1)(CC1CO1)CC1CO1. The van der Waals surface area contributed by atoms with Gasteiger partial charge in [-0.25, -0.2) is 0 Å². The van der Waals surface area contributed by atoms with E-state index in [1.807, 2.05) is 0 Å². The third kappa shape index (κ3) is 2.57. The summed E-state index contributed by atoms with van der Waals surface area (Å²) in [5, 5.41) is 0. The van der Waals surface area contributed by atoms with Crippen LogP contribution in [0.1, 0.15) is 0 Å². The molecule has 14 heavy (non-hydrogen) atoms. The van der Waals surface area contributed by atoms with Crippen LogP contribution in [-0.2, 0) is 18.8 Å². The summed E-state index contributed by atoms with van der Waals surface area (Å²) in [4.78, 5) is 0. The maximum Gasteiger partial charge on any atom is 0.0956 e. The summed E-state index contributed by atoms with van der Waals surface area (Å²) in [6.07, 6.45) is 3.02. The van der Waals surface area contributed by atoms with Crippen molar-refractivity contribution in [3.05, 3.63) is 0 Å². The van der Waals surface area contributed by atoms with Gasteiger partial charge < -0.3 is 18.8 Å². The van der Waals surface area contributed by atoms with Crippen LogP contribution in [0.25, 0.3) is 0 Å². The Morgan fingerprint density at radius 1 is 0.857 bits per heavy atom. The van der Waals surface area contributed by atoms with Crippen molar-refractivity contribution >= 4 is 7.14 Å². The van der Waals surface area contributed by atoms with Crippen LogP contribution in [0.3, 0.4) is 0 Å². The highest BCUT2D eigenvalue weighted by Gasteiger charge is 2.42. The molecule has 0 aromatic carbocycles. The zero-order valence-corrected chi connectivity index (χ0v) is 8.95. The Labute approximate surface area is 83.3 Å². The van der Waals surface area contributed by atoms with Crippen molar-refractivity contribution in [2.24, 2.45) is 0 Å². The Bertz CT molecular complexity index is 225. The lowest BCUT2D eigenvalue weighted by molar-refractivity contribution is 0.409. The molecule has 4 nitrogen and oxygen atoms in total. The van der Waals surface area contributed by atoms with Gasteiger partial charge in [-0.05, 0) is 0 Å². The van der Waals surface area contributed by atoms with Crippen molar-refractivity contribution in [1.82, 2.24) is 0 Å². The van der Waals surface area contributed by atoms with Gasteiger partial charge in [-0.3, -0.25) is 0 Å². The Morgan fingerprint density at radius 2 is 1.14 bits per heavy atom. The number of ether oxygens (including phenoxy) is 3. The zero-order chi connectivity index (χ0) is 9.60. The van der Waals surface area contributed by atoms with Gasteiger partial charge in [0.15, 0.2) is 0 Å². The summed E-state index contributed by atoms with van der Waals surface area (Å²) in [6.45, 7) is 2.38. The molecular weight excluding hydrogens is 203 g/mol. The normalized spacial score (nSPS) is 43.0. The van der Waals surface area contributed by atoms with Crippen molar-refractivity contribution in [2.45, 2.75) is 18.3 Å². The molecule has 3 saturated heterocycles. The van der Waals surface area contributed by atoms with Crippen LogP contribution in [0, 0.1) is 0 Å². The first-order valence-corrected chi connectivity index (χ1v) is 7.42. The largest absolute Gasteiger partial charge is 0.373 e. The molecule has 0 N–H and O–H groups in total. The fraction of sp³-hybridized carbons (Fsp3) is 1.00. The minimum Gasteiger partial charge on any atom is -0.373 e. The van der Waals surface area contributed by atoms with Crippen molar-refractivity contribution in [1.29, 1.82) is 0 Å². The van der Waals surface area contributed by atoms with E-state index in [0.717, 1.165) is 38.3 Å². The second-order valence-corrected chi connectivity index (χ2v) is 7.68. The van der Waals surface area contributed by atoms with Crippen LogP contribution < -0.4 is 0 Å². The van der Waals surface area contributed by atoms with E-state index in [1.54, 1.807) is 0 Å². The van der Waals surface area contributed by atoms with Crippen LogP contribution in [0.15, 0.2) is 0 Å². The molecule has 3 fully saturated rings. The van der Waals surface area contributed by atoms with E-state index in [1.165, 1.54) is 0 Å². The standard InChI is InChI=1S/C9H15O4P/c10-14(4-7-1-11-7,5-8-2-12-8)6-9-3-13-9/h7-9H,1-6H2. The van der Waals surface area contributed by atoms with Crippen LogP contribution in [0.5, 0.6) is 0 Å². The molecule has 0 aromatic heterocycles. The fourth-order valence-corrected chi connectivity index (χ4v) is 5.16. The van der Waals surface area contributed by atoms with Crippen LogP contribution in [0.4, 0.5) is 0 Å². The smallest absolute Gasteiger partial charge is 0.0956 e. The third-order valence-electron chi connectivity index (χ3n) is 2.82. The second kappa shape index (κ2) is 3.31. The topological polar surface area (TPSA) is 54.7 Å². The zero-order valence-electron chi connectivity index (χ0n) is 8.05. The molecule has 0 radical (unpaired) electrons. The summed E-state index contributed by atoms with van der Waals surface area (Å²) in [6, 6.07) is 0. The van der Waals surface area contributed by atoms with Crippen LogP contribution in [-0.4, -0.2) is 56.6 Å². The highest BCUT2D eigenvalue weighted by atomic mass is 31.2. The van der Waals surface area contributed by atoms with E-state index in [4.69, 9.17) is 14.2 Å². The van der Waals surface area contributed by atoms with Gasteiger partial charge in [0, 0.05) is 18.5 Å². The summed E-state index contributed by atoms with van der Waals surface area (Å²) in [5.74, 6) is 0. The van der Waals surface area contributed by atoms with Gasteiger partial charge in [0.05, 0.1) is 45.3 Å². The van der Waals surface area contributed by atoms with Crippen LogP contribution >= 0.6 is 7.14 Å². The lowest BCUT2D eigenvalue weighted by atomic mass is 10.5. The first-order chi connectivity index (χ1) is 6.73. The van der Waals surface area contributed by atoms with E-state index in [9.17, 15) is 4.57 Å². The summed E-state index contributed by atoms with van der Waals surface area (Å²) < 4.78 is 28.0. The quantitative estimate of drug-likeness (QED) is 0.482. The van der Waals surface area contributed by atoms with E-state index in [0.29, 0.717) is 0 Å². The molecule has 3 unspecified atom stereocenters. The Balaban J connectivity index is 1.59. The number of hydrogen-bond donors (Lipinski definition) is 0. The lowest BCUT2D eigenvalue weighted by Gasteiger charge is -2.14. The first-order valence-electron chi connectivity index (χ1n) is 5.15. The molecule has 3 aliphatic rings. The van der Waals surface area contributed by atoms with Gasteiger partial charge in [-0.2, -0.15) is 0 Å². The Hall–Kier alpha value is 0.110. The van der Waals surface area contributed by atoms with Gasteiger partial charge in [0.1, 0.15) is 0 Å². The third-order valence-corrected chi connectivity index (χ3v) is 6.03. The van der Waals surface area contributed by atoms with Crippen molar-refractivity contribution in [2.75, 3.05) is 38.3 Å². The monoisotopic (exact) mass is 218 g/mol. The van der Waals surface area contributed by atoms with Crippen LogP contribution in [0.2, 0.25) is 0 Å². The minimum absolute atomic E-state index is 0.262. The molecule has 0 saturated carbocycles. The molecule has 3 atom stereocenters. The maximum atomic E-state index is 12.5. The first kappa shape index (κ1) is 9.34. The molecule has 0 amide bonds. The molecule has 0 spiro atoms. The lowest BCUT2D eigenvalue weighted by Crippen LogP contribution is -2.11. The Kier molecular flexibility index (Phi) is 2.21. The van der Waals surface area contributed by atoms with Crippen molar-refractivity contribution < 1.29 is 18.8 Å². The highest BCUT2D eigenvalue weighted by Crippen LogP contribution is 2.52. The van der Waals surface area contributed by atoms with Crippen molar-refractivity contribution in [3.63, 3.8) is 0 Å². The number of hydrogen-bond acceptors (Lipinski definition) is 4. The molecule has 0 aromatic rings. The molecule has 3 heterocycles. The molecular formula is C9H15O4P. The predicted molar refractivity (Wildman–Crippen MR) is 51.4 cm³/mol. The van der Waals surface area contributed by atoms with Gasteiger partial charge >= 0.3 is 0 Å². The average molecular weight is 218 g/mol. The molecule has 80 valence electrons. The highest BCUT2D eigenvalue weighted by molar-refractivity contribution is 7.64. The van der Waals surface area contributed by atoms with E-state index in [-0.39, 0.29) is 18.3 Å². The molecule has 0 aliphatic carbocycles. The number of epoxide rings is 3. The molecule has 3 aliphatic heterocycles. The average Bonchev–Trinajstić information content (AvgIpc) is 2.90. The molecule has 0 bridgehead atoms. The summed E-state index contributed by atoms with van der Waals surface area (Å²) >= 11 is 0. The summed E-state index contributed by atoms with van der Waals surface area (Å²) in [7, 11) is -2.08. The molecule has 5 heteroatoms. The van der Waals surface area contributed by atoms with Crippen molar-refractivity contribution in [3.8, 4) is 0 Å². The number of rotatable bonds is 6. The fourth-order valence-electron chi connectivity index (χ4n) is 1.86. The summed E-state index contributed by atoms with van der Waals surface area (Å²) in [5.41, 5.74) is 0. The minimum atomic E-state index is -2.08. The second-order valence-electron chi connectivity index (χ2n) is 4.47. The Morgan fingerprint density at radius 3 is 1.36 bits per heavy atom. The van der Waals surface area contributed by atoms with E-state index in [2.05, 4.69) is 0 Å². The van der Waals surface area contributed by atoms with Gasteiger partial charge in [0.25, 0.3) is 0 Å². The van der Waals surface area contributed by atoms with E-state index >= 15 is 0 Å².